The van der Waals surface area contributed by atoms with Gasteiger partial charge in [-0.3, -0.25) is 0 Å². The van der Waals surface area contributed by atoms with Gasteiger partial charge in [0.25, 0.3) is 0 Å². The van der Waals surface area contributed by atoms with E-state index in [1.54, 1.807) is 24.3 Å². The summed E-state index contributed by atoms with van der Waals surface area (Å²) in [7, 11) is 0. The zero-order valence-electron chi connectivity index (χ0n) is 9.22. The van der Waals surface area contributed by atoms with Crippen molar-refractivity contribution in [2.45, 2.75) is 6.54 Å². The molecule has 2 aromatic carbocycles. The van der Waals surface area contributed by atoms with Crippen molar-refractivity contribution in [3.8, 4) is 11.8 Å². The summed E-state index contributed by atoms with van der Waals surface area (Å²) >= 11 is 0. The highest BCUT2D eigenvalue weighted by atomic mass is 16.3. The van der Waals surface area contributed by atoms with Gasteiger partial charge in [-0.2, -0.15) is 5.26 Å². The fourth-order valence-electron chi connectivity index (χ4n) is 1.48. The first-order valence-electron chi connectivity index (χ1n) is 5.30. The molecule has 0 aliphatic heterocycles. The molecule has 2 N–H and O–H groups in total. The van der Waals surface area contributed by atoms with Gasteiger partial charge in [-0.25, -0.2) is 0 Å². The van der Waals surface area contributed by atoms with Gasteiger partial charge in [0.05, 0.1) is 11.6 Å². The number of nitrogens with zero attached hydrogens (tertiary/aromatic N) is 1. The molecule has 0 amide bonds. The van der Waals surface area contributed by atoms with E-state index in [0.717, 1.165) is 11.3 Å². The van der Waals surface area contributed by atoms with Crippen molar-refractivity contribution in [3.63, 3.8) is 0 Å². The summed E-state index contributed by atoms with van der Waals surface area (Å²) < 4.78 is 0. The van der Waals surface area contributed by atoms with E-state index in [0.29, 0.717) is 12.1 Å². The zero-order valence-corrected chi connectivity index (χ0v) is 9.22. The number of aromatic hydroxyl groups is 1. The average molecular weight is 224 g/mol. The van der Waals surface area contributed by atoms with E-state index in [4.69, 9.17) is 10.4 Å². The molecule has 84 valence electrons. The van der Waals surface area contributed by atoms with Gasteiger partial charge in [0.2, 0.25) is 0 Å². The second-order valence-electron chi connectivity index (χ2n) is 3.71. The highest BCUT2D eigenvalue weighted by Crippen LogP contribution is 2.14. The van der Waals surface area contributed by atoms with Crippen LogP contribution in [0.5, 0.6) is 5.75 Å². The van der Waals surface area contributed by atoms with Crippen molar-refractivity contribution in [1.82, 2.24) is 0 Å². The molecule has 0 unspecified atom stereocenters. The first kappa shape index (κ1) is 11.0. The van der Waals surface area contributed by atoms with Crippen molar-refractivity contribution < 1.29 is 5.11 Å². The van der Waals surface area contributed by atoms with Crippen molar-refractivity contribution in [2.24, 2.45) is 0 Å². The number of hydrogen-bond donors (Lipinski definition) is 2. The van der Waals surface area contributed by atoms with Gasteiger partial charge in [0, 0.05) is 12.2 Å². The first-order chi connectivity index (χ1) is 8.28. The van der Waals surface area contributed by atoms with E-state index in [-0.39, 0.29) is 5.75 Å². The number of nitrogens with one attached hydrogen (secondary N) is 1. The van der Waals surface area contributed by atoms with Crippen LogP contribution in [0.1, 0.15) is 11.1 Å². The van der Waals surface area contributed by atoms with Crippen molar-refractivity contribution in [2.75, 3.05) is 5.32 Å². The van der Waals surface area contributed by atoms with E-state index in [2.05, 4.69) is 11.4 Å². The van der Waals surface area contributed by atoms with E-state index in [9.17, 15) is 0 Å². The number of hydrogen-bond acceptors (Lipinski definition) is 3. The summed E-state index contributed by atoms with van der Waals surface area (Å²) in [6, 6.07) is 16.4. The van der Waals surface area contributed by atoms with Gasteiger partial charge in [-0.05, 0) is 42.0 Å². The molecule has 0 heterocycles. The van der Waals surface area contributed by atoms with Crippen molar-refractivity contribution in [3.05, 3.63) is 59.7 Å². The zero-order chi connectivity index (χ0) is 12.1. The summed E-state index contributed by atoms with van der Waals surface area (Å²) in [6.07, 6.45) is 0. The van der Waals surface area contributed by atoms with Crippen LogP contribution in [0.2, 0.25) is 0 Å². The van der Waals surface area contributed by atoms with E-state index < -0.39 is 0 Å². The highest BCUT2D eigenvalue weighted by molar-refractivity contribution is 5.46. The molecule has 0 saturated heterocycles. The van der Waals surface area contributed by atoms with Gasteiger partial charge in [0.1, 0.15) is 5.75 Å². The van der Waals surface area contributed by atoms with Gasteiger partial charge in [-0.1, -0.05) is 12.1 Å². The summed E-state index contributed by atoms with van der Waals surface area (Å²) in [5.41, 5.74) is 2.72. The molecule has 0 aliphatic rings. The quantitative estimate of drug-likeness (QED) is 0.788. The van der Waals surface area contributed by atoms with Crippen molar-refractivity contribution >= 4 is 5.69 Å². The molecule has 0 bridgehead atoms. The molecule has 3 heteroatoms. The molecule has 0 spiro atoms. The summed E-state index contributed by atoms with van der Waals surface area (Å²) in [4.78, 5) is 0. The Morgan fingerprint density at radius 3 is 2.24 bits per heavy atom. The fraction of sp³-hybridized carbons (Fsp3) is 0.0714. The van der Waals surface area contributed by atoms with Crippen LogP contribution in [0, 0.1) is 11.3 Å². The van der Waals surface area contributed by atoms with Crippen LogP contribution in [-0.4, -0.2) is 5.11 Å². The molecule has 0 atom stereocenters. The molecule has 0 aromatic heterocycles. The molecular weight excluding hydrogens is 212 g/mol. The Bertz CT molecular complexity index is 524. The Hall–Kier alpha value is -2.47. The van der Waals surface area contributed by atoms with E-state index in [1.165, 1.54) is 0 Å². The second-order valence-corrected chi connectivity index (χ2v) is 3.71. The Morgan fingerprint density at radius 2 is 1.65 bits per heavy atom. The van der Waals surface area contributed by atoms with Crippen LogP contribution in [0.4, 0.5) is 5.69 Å². The molecule has 0 aliphatic carbocycles. The molecule has 0 saturated carbocycles. The highest BCUT2D eigenvalue weighted by Gasteiger charge is 1.95. The van der Waals surface area contributed by atoms with Crippen LogP contribution >= 0.6 is 0 Å². The molecular formula is C14H12N2O. The summed E-state index contributed by atoms with van der Waals surface area (Å²) in [6.45, 7) is 0.691. The molecule has 2 aromatic rings. The SMILES string of the molecule is N#Cc1ccc(CNc2ccc(O)cc2)cc1. The molecule has 0 radical (unpaired) electrons. The van der Waals surface area contributed by atoms with Crippen LogP contribution in [0.25, 0.3) is 0 Å². The minimum Gasteiger partial charge on any atom is -0.508 e. The Morgan fingerprint density at radius 1 is 1.00 bits per heavy atom. The van der Waals surface area contributed by atoms with Crippen molar-refractivity contribution in [1.29, 1.82) is 5.26 Å². The number of phenols is 1. The topological polar surface area (TPSA) is 56.0 Å². The van der Waals surface area contributed by atoms with E-state index >= 15 is 0 Å². The molecule has 3 nitrogen and oxygen atoms in total. The monoisotopic (exact) mass is 224 g/mol. The third-order valence-electron chi connectivity index (χ3n) is 2.45. The minimum absolute atomic E-state index is 0.258. The smallest absolute Gasteiger partial charge is 0.115 e. The maximum Gasteiger partial charge on any atom is 0.115 e. The lowest BCUT2D eigenvalue weighted by Crippen LogP contribution is -1.98. The lowest BCUT2D eigenvalue weighted by Gasteiger charge is -2.06. The van der Waals surface area contributed by atoms with E-state index in [1.807, 2.05) is 24.3 Å². The number of nitriles is 1. The molecule has 17 heavy (non-hydrogen) atoms. The second kappa shape index (κ2) is 5.04. The number of phenolic OH excluding ortho intramolecular Hbond substituents is 1. The molecule has 2 rings (SSSR count). The van der Waals surface area contributed by atoms with Gasteiger partial charge in [0.15, 0.2) is 0 Å². The molecule has 0 fully saturated rings. The lowest BCUT2D eigenvalue weighted by molar-refractivity contribution is 0.475. The van der Waals surface area contributed by atoms with Crippen LogP contribution < -0.4 is 5.32 Å². The maximum absolute atomic E-state index is 9.14. The lowest BCUT2D eigenvalue weighted by atomic mass is 10.1. The standard InChI is InChI=1S/C14H12N2O/c15-9-11-1-3-12(4-2-11)10-16-13-5-7-14(17)8-6-13/h1-8,16-17H,10H2. The minimum atomic E-state index is 0.258. The Balaban J connectivity index is 1.98. The van der Waals surface area contributed by atoms with Gasteiger partial charge in [-0.15, -0.1) is 0 Å². The van der Waals surface area contributed by atoms with Gasteiger partial charge >= 0.3 is 0 Å². The largest absolute Gasteiger partial charge is 0.508 e. The normalized spacial score (nSPS) is 9.59. The van der Waals surface area contributed by atoms with Crippen LogP contribution in [0.3, 0.4) is 0 Å². The third-order valence-corrected chi connectivity index (χ3v) is 2.45. The van der Waals surface area contributed by atoms with Crippen LogP contribution in [0.15, 0.2) is 48.5 Å². The number of rotatable bonds is 3. The Kier molecular flexibility index (Phi) is 3.27. The Labute approximate surface area is 100.0 Å². The number of benzene rings is 2. The average Bonchev–Trinajstić information content (AvgIpc) is 2.39. The summed E-state index contributed by atoms with van der Waals surface area (Å²) in [5, 5.41) is 21.0. The fourth-order valence-corrected chi connectivity index (χ4v) is 1.48. The maximum atomic E-state index is 9.14. The predicted octanol–water partition coefficient (Wildman–Crippen LogP) is 2.88. The predicted molar refractivity (Wildman–Crippen MR) is 66.6 cm³/mol. The first-order valence-corrected chi connectivity index (χ1v) is 5.30. The van der Waals surface area contributed by atoms with Gasteiger partial charge < -0.3 is 10.4 Å². The summed E-state index contributed by atoms with van der Waals surface area (Å²) in [5.74, 6) is 0.258. The van der Waals surface area contributed by atoms with Crippen LogP contribution in [-0.2, 0) is 6.54 Å². The number of anilines is 1. The third kappa shape index (κ3) is 2.99.